The SMILES string of the molecule is C=C1CC(C)(O)C(C)(O)C1.C=C1CCC(O)(CC)C1O. The van der Waals surface area contributed by atoms with Crippen LogP contribution in [-0.4, -0.2) is 43.3 Å². The van der Waals surface area contributed by atoms with Crippen molar-refractivity contribution in [3.05, 3.63) is 24.3 Å². The average Bonchev–Trinajstić information content (AvgIpc) is 2.67. The fraction of sp³-hybridized carbons (Fsp3) is 0.750. The molecule has 2 saturated carbocycles. The van der Waals surface area contributed by atoms with E-state index in [1.54, 1.807) is 13.8 Å². The highest BCUT2D eigenvalue weighted by Gasteiger charge is 2.47. The van der Waals surface area contributed by atoms with Gasteiger partial charge in [0.25, 0.3) is 0 Å². The Morgan fingerprint density at radius 2 is 1.55 bits per heavy atom. The van der Waals surface area contributed by atoms with Gasteiger partial charge in [0.1, 0.15) is 6.10 Å². The summed E-state index contributed by atoms with van der Waals surface area (Å²) < 4.78 is 0. The summed E-state index contributed by atoms with van der Waals surface area (Å²) in [6.45, 7) is 12.6. The van der Waals surface area contributed by atoms with Gasteiger partial charge in [0, 0.05) is 0 Å². The van der Waals surface area contributed by atoms with E-state index in [4.69, 9.17) is 0 Å². The Balaban J connectivity index is 0.000000200. The molecule has 2 aliphatic carbocycles. The number of hydrogen-bond donors (Lipinski definition) is 4. The van der Waals surface area contributed by atoms with E-state index in [9.17, 15) is 20.4 Å². The Kier molecular flexibility index (Phi) is 4.87. The topological polar surface area (TPSA) is 80.9 Å². The summed E-state index contributed by atoms with van der Waals surface area (Å²) >= 11 is 0. The third-order valence-corrected chi connectivity index (χ3v) is 4.74. The Bertz CT molecular complexity index is 379. The van der Waals surface area contributed by atoms with Crippen LogP contribution in [0.3, 0.4) is 0 Å². The first kappa shape index (κ1) is 17.4. The van der Waals surface area contributed by atoms with Crippen LogP contribution in [0.15, 0.2) is 24.3 Å². The maximum absolute atomic E-state index is 9.63. The number of aliphatic hydroxyl groups excluding tert-OH is 1. The first-order valence-corrected chi connectivity index (χ1v) is 7.15. The lowest BCUT2D eigenvalue weighted by atomic mass is 9.90. The van der Waals surface area contributed by atoms with E-state index in [0.29, 0.717) is 25.7 Å². The molecule has 4 atom stereocenters. The number of hydrogen-bond acceptors (Lipinski definition) is 4. The van der Waals surface area contributed by atoms with Crippen LogP contribution in [0.25, 0.3) is 0 Å². The molecule has 4 unspecified atom stereocenters. The molecule has 0 aromatic heterocycles. The second-order valence-corrected chi connectivity index (χ2v) is 6.67. The van der Waals surface area contributed by atoms with Gasteiger partial charge in [0.05, 0.1) is 16.8 Å². The summed E-state index contributed by atoms with van der Waals surface area (Å²) in [5.41, 5.74) is -1.15. The summed E-state index contributed by atoms with van der Waals surface area (Å²) in [5.74, 6) is 0. The van der Waals surface area contributed by atoms with Crippen LogP contribution in [0.2, 0.25) is 0 Å². The van der Waals surface area contributed by atoms with Gasteiger partial charge in [-0.3, -0.25) is 0 Å². The molecule has 0 aromatic rings. The minimum atomic E-state index is -0.982. The van der Waals surface area contributed by atoms with Crippen molar-refractivity contribution < 1.29 is 20.4 Å². The molecule has 116 valence electrons. The van der Waals surface area contributed by atoms with Crippen molar-refractivity contribution in [2.24, 2.45) is 0 Å². The third kappa shape index (κ3) is 3.31. The van der Waals surface area contributed by atoms with Gasteiger partial charge >= 0.3 is 0 Å². The molecule has 0 spiro atoms. The summed E-state index contributed by atoms with van der Waals surface area (Å²) in [4.78, 5) is 0. The van der Waals surface area contributed by atoms with E-state index in [1.165, 1.54) is 0 Å². The lowest BCUT2D eigenvalue weighted by Crippen LogP contribution is -2.44. The lowest BCUT2D eigenvalue weighted by Gasteiger charge is -2.30. The lowest BCUT2D eigenvalue weighted by molar-refractivity contribution is -0.107. The molecule has 2 rings (SSSR count). The average molecular weight is 284 g/mol. The molecule has 0 bridgehead atoms. The monoisotopic (exact) mass is 284 g/mol. The second-order valence-electron chi connectivity index (χ2n) is 6.67. The third-order valence-electron chi connectivity index (χ3n) is 4.74. The predicted molar refractivity (Wildman–Crippen MR) is 79.2 cm³/mol. The largest absolute Gasteiger partial charge is 0.387 e. The smallest absolute Gasteiger partial charge is 0.103 e. The molecule has 4 heteroatoms. The highest BCUT2D eigenvalue weighted by atomic mass is 16.4. The summed E-state index contributed by atoms with van der Waals surface area (Å²) in [6, 6.07) is 0. The summed E-state index contributed by atoms with van der Waals surface area (Å²) in [6.07, 6.45) is 2.35. The Morgan fingerprint density at radius 1 is 1.10 bits per heavy atom. The van der Waals surface area contributed by atoms with Crippen LogP contribution in [0.4, 0.5) is 0 Å². The molecule has 0 aliphatic heterocycles. The van der Waals surface area contributed by atoms with E-state index >= 15 is 0 Å². The first-order chi connectivity index (χ1) is 8.95. The second kappa shape index (κ2) is 5.60. The van der Waals surface area contributed by atoms with Gasteiger partial charge in [-0.25, -0.2) is 0 Å². The van der Waals surface area contributed by atoms with Crippen LogP contribution < -0.4 is 0 Å². The Hall–Kier alpha value is -0.680. The minimum Gasteiger partial charge on any atom is -0.387 e. The maximum atomic E-state index is 9.63. The molecular weight excluding hydrogens is 256 g/mol. The number of rotatable bonds is 1. The van der Waals surface area contributed by atoms with Gasteiger partial charge < -0.3 is 20.4 Å². The predicted octanol–water partition coefficient (Wildman–Crippen LogP) is 1.68. The van der Waals surface area contributed by atoms with Crippen molar-refractivity contribution >= 4 is 0 Å². The van der Waals surface area contributed by atoms with Crippen molar-refractivity contribution in [2.75, 3.05) is 0 Å². The molecule has 0 saturated heterocycles. The standard InChI is InChI=1S/2C8H14O2/c1-6-4-7(2,9)8(3,10)5-6;1-3-8(10)5-4-6(2)7(8)9/h9-10H,1,4-5H2,2-3H3;7,9-10H,2-5H2,1H3. The fourth-order valence-corrected chi connectivity index (χ4v) is 2.82. The molecule has 0 radical (unpaired) electrons. The van der Waals surface area contributed by atoms with Gasteiger partial charge in [-0.05, 0) is 51.5 Å². The fourth-order valence-electron chi connectivity index (χ4n) is 2.82. The van der Waals surface area contributed by atoms with Gasteiger partial charge in [0.15, 0.2) is 0 Å². The van der Waals surface area contributed by atoms with E-state index in [0.717, 1.165) is 17.6 Å². The first-order valence-electron chi connectivity index (χ1n) is 7.15. The zero-order chi connectivity index (χ0) is 15.8. The van der Waals surface area contributed by atoms with Crippen molar-refractivity contribution in [1.29, 1.82) is 0 Å². The molecule has 4 N–H and O–H groups in total. The van der Waals surface area contributed by atoms with Crippen molar-refractivity contribution in [2.45, 2.75) is 75.8 Å². The van der Waals surface area contributed by atoms with Crippen molar-refractivity contribution in [3.8, 4) is 0 Å². The zero-order valence-corrected chi connectivity index (χ0v) is 12.8. The van der Waals surface area contributed by atoms with Gasteiger partial charge in [-0.1, -0.05) is 25.7 Å². The summed E-state index contributed by atoms with van der Waals surface area (Å²) in [7, 11) is 0. The van der Waals surface area contributed by atoms with E-state index in [2.05, 4.69) is 13.2 Å². The van der Waals surface area contributed by atoms with Crippen LogP contribution >= 0.6 is 0 Å². The number of aliphatic hydroxyl groups is 4. The Labute approximate surface area is 121 Å². The summed E-state index contributed by atoms with van der Waals surface area (Å²) in [5, 5.41) is 38.2. The molecule has 2 aliphatic rings. The van der Waals surface area contributed by atoms with Crippen LogP contribution in [0.5, 0.6) is 0 Å². The van der Waals surface area contributed by atoms with Gasteiger partial charge in [0.2, 0.25) is 0 Å². The van der Waals surface area contributed by atoms with Crippen LogP contribution in [-0.2, 0) is 0 Å². The van der Waals surface area contributed by atoms with Gasteiger partial charge in [-0.15, -0.1) is 0 Å². The molecule has 0 aromatic carbocycles. The molecule has 4 nitrogen and oxygen atoms in total. The molecule has 20 heavy (non-hydrogen) atoms. The highest BCUT2D eigenvalue weighted by molar-refractivity contribution is 5.18. The molecular formula is C16H28O4. The van der Waals surface area contributed by atoms with Crippen LogP contribution in [0.1, 0.15) is 52.9 Å². The normalized spacial score (nSPS) is 44.5. The minimum absolute atomic E-state index is 0.514. The molecule has 0 heterocycles. The Morgan fingerprint density at radius 3 is 1.70 bits per heavy atom. The maximum Gasteiger partial charge on any atom is 0.103 e. The molecule has 0 amide bonds. The van der Waals surface area contributed by atoms with E-state index in [-0.39, 0.29) is 0 Å². The van der Waals surface area contributed by atoms with E-state index < -0.39 is 22.9 Å². The highest BCUT2D eigenvalue weighted by Crippen LogP contribution is 2.41. The quantitative estimate of drug-likeness (QED) is 0.552. The van der Waals surface area contributed by atoms with Crippen LogP contribution in [0, 0.1) is 0 Å². The van der Waals surface area contributed by atoms with Gasteiger partial charge in [-0.2, -0.15) is 0 Å². The van der Waals surface area contributed by atoms with E-state index in [1.807, 2.05) is 6.92 Å². The zero-order valence-electron chi connectivity index (χ0n) is 12.8. The molecule has 2 fully saturated rings. The van der Waals surface area contributed by atoms with Crippen molar-refractivity contribution in [1.82, 2.24) is 0 Å². The van der Waals surface area contributed by atoms with Crippen molar-refractivity contribution in [3.63, 3.8) is 0 Å².